The topological polar surface area (TPSA) is 41.5 Å². The predicted molar refractivity (Wildman–Crippen MR) is 59.2 cm³/mol. The van der Waals surface area contributed by atoms with Crippen LogP contribution in [0.2, 0.25) is 0 Å². The molecule has 1 heterocycles. The molecular weight excluding hydrogens is 209 g/mol. The van der Waals surface area contributed by atoms with Crippen molar-refractivity contribution in [2.24, 2.45) is 0 Å². The Hall–Kier alpha value is -1.13. The third kappa shape index (κ3) is 2.03. The largest absolute Gasteiger partial charge is 0.496 e. The Morgan fingerprint density at radius 1 is 1.50 bits per heavy atom. The molecule has 1 aromatic rings. The van der Waals surface area contributed by atoms with E-state index < -0.39 is 5.60 Å². The maximum absolute atomic E-state index is 13.4. The maximum Gasteiger partial charge on any atom is 0.126 e. The number of hydrogen-bond donors (Lipinski definition) is 2. The minimum Gasteiger partial charge on any atom is -0.496 e. The van der Waals surface area contributed by atoms with Gasteiger partial charge in [0.2, 0.25) is 0 Å². The van der Waals surface area contributed by atoms with Crippen molar-refractivity contribution in [3.8, 4) is 5.75 Å². The van der Waals surface area contributed by atoms with Crippen molar-refractivity contribution in [1.29, 1.82) is 0 Å². The van der Waals surface area contributed by atoms with Gasteiger partial charge in [-0.2, -0.15) is 0 Å². The van der Waals surface area contributed by atoms with Crippen molar-refractivity contribution in [1.82, 2.24) is 5.32 Å². The smallest absolute Gasteiger partial charge is 0.126 e. The van der Waals surface area contributed by atoms with Crippen LogP contribution in [-0.4, -0.2) is 30.9 Å². The summed E-state index contributed by atoms with van der Waals surface area (Å²) >= 11 is 0. The highest BCUT2D eigenvalue weighted by atomic mass is 19.1. The summed E-state index contributed by atoms with van der Waals surface area (Å²) < 4.78 is 18.6. The molecule has 1 aliphatic heterocycles. The van der Waals surface area contributed by atoms with Crippen LogP contribution >= 0.6 is 0 Å². The molecule has 1 aliphatic rings. The monoisotopic (exact) mass is 225 g/mol. The molecule has 88 valence electrons. The fourth-order valence-corrected chi connectivity index (χ4v) is 1.92. The average Bonchev–Trinajstić information content (AvgIpc) is 2.21. The van der Waals surface area contributed by atoms with Gasteiger partial charge >= 0.3 is 0 Å². The molecule has 2 N–H and O–H groups in total. The zero-order valence-corrected chi connectivity index (χ0v) is 9.51. The Balaban J connectivity index is 2.28. The number of halogens is 1. The fourth-order valence-electron chi connectivity index (χ4n) is 1.92. The SMILES string of the molecule is COc1cc(C)c(F)cc1CC1(O)CNC1. The molecular formula is C12H16FNO2. The Bertz CT molecular complexity index is 402. The summed E-state index contributed by atoms with van der Waals surface area (Å²) in [5.41, 5.74) is 0.517. The number of aliphatic hydroxyl groups is 1. The standard InChI is InChI=1S/C12H16FNO2/c1-8-3-11(16-2)9(4-10(8)13)5-12(15)6-14-7-12/h3-4,14-15H,5-7H2,1-2H3. The number of nitrogens with one attached hydrogen (secondary N) is 1. The van der Waals surface area contributed by atoms with E-state index in [0.717, 1.165) is 5.56 Å². The van der Waals surface area contributed by atoms with Gasteiger partial charge in [-0.05, 0) is 30.2 Å². The van der Waals surface area contributed by atoms with Crippen molar-refractivity contribution < 1.29 is 14.2 Å². The summed E-state index contributed by atoms with van der Waals surface area (Å²) in [7, 11) is 1.55. The van der Waals surface area contributed by atoms with Gasteiger partial charge in [0.15, 0.2) is 0 Å². The molecule has 1 aromatic carbocycles. The van der Waals surface area contributed by atoms with Crippen LogP contribution in [0.25, 0.3) is 0 Å². The molecule has 0 aliphatic carbocycles. The molecule has 3 nitrogen and oxygen atoms in total. The molecule has 0 aromatic heterocycles. The van der Waals surface area contributed by atoms with E-state index in [4.69, 9.17) is 4.74 Å². The highest BCUT2D eigenvalue weighted by Gasteiger charge is 2.35. The Morgan fingerprint density at radius 2 is 2.19 bits per heavy atom. The molecule has 0 spiro atoms. The van der Waals surface area contributed by atoms with Gasteiger partial charge in [0.05, 0.1) is 12.7 Å². The van der Waals surface area contributed by atoms with E-state index in [9.17, 15) is 9.50 Å². The Morgan fingerprint density at radius 3 is 2.69 bits per heavy atom. The van der Waals surface area contributed by atoms with Gasteiger partial charge in [0, 0.05) is 19.5 Å². The summed E-state index contributed by atoms with van der Waals surface area (Å²) in [6.07, 6.45) is 0.417. The van der Waals surface area contributed by atoms with Gasteiger partial charge in [-0.15, -0.1) is 0 Å². The number of benzene rings is 1. The summed E-state index contributed by atoms with van der Waals surface area (Å²) in [6, 6.07) is 3.12. The van der Waals surface area contributed by atoms with E-state index in [-0.39, 0.29) is 5.82 Å². The summed E-state index contributed by atoms with van der Waals surface area (Å²) in [4.78, 5) is 0. The molecule has 0 atom stereocenters. The maximum atomic E-state index is 13.4. The molecule has 0 unspecified atom stereocenters. The van der Waals surface area contributed by atoms with Crippen LogP contribution in [-0.2, 0) is 6.42 Å². The molecule has 0 amide bonds. The molecule has 16 heavy (non-hydrogen) atoms. The van der Waals surface area contributed by atoms with Crippen LogP contribution in [0.4, 0.5) is 4.39 Å². The first-order valence-electron chi connectivity index (χ1n) is 5.30. The summed E-state index contributed by atoms with van der Waals surface area (Å²) in [5, 5.41) is 13.0. The van der Waals surface area contributed by atoms with E-state index in [2.05, 4.69) is 5.32 Å². The third-order valence-electron chi connectivity index (χ3n) is 2.99. The zero-order valence-electron chi connectivity index (χ0n) is 9.51. The minimum atomic E-state index is -0.755. The first-order chi connectivity index (χ1) is 7.54. The minimum absolute atomic E-state index is 0.258. The van der Waals surface area contributed by atoms with Gasteiger partial charge in [0.25, 0.3) is 0 Å². The number of hydrogen-bond acceptors (Lipinski definition) is 3. The first-order valence-corrected chi connectivity index (χ1v) is 5.30. The van der Waals surface area contributed by atoms with Gasteiger partial charge in [0.1, 0.15) is 11.6 Å². The number of β-amino-alcohol motifs (C(OH)–C–C–N with tert-alkyl or cyclic N) is 1. The van der Waals surface area contributed by atoms with E-state index in [0.29, 0.717) is 30.8 Å². The highest BCUT2D eigenvalue weighted by Crippen LogP contribution is 2.27. The van der Waals surface area contributed by atoms with Crippen LogP contribution in [0.3, 0.4) is 0 Å². The predicted octanol–water partition coefficient (Wildman–Crippen LogP) is 1.02. The second kappa shape index (κ2) is 4.03. The normalized spacial score (nSPS) is 18.0. The van der Waals surface area contributed by atoms with E-state index in [1.807, 2.05) is 0 Å². The number of ether oxygens (including phenoxy) is 1. The van der Waals surface area contributed by atoms with Crippen LogP contribution in [0.5, 0.6) is 5.75 Å². The van der Waals surface area contributed by atoms with Crippen molar-refractivity contribution in [3.63, 3.8) is 0 Å². The lowest BCUT2D eigenvalue weighted by molar-refractivity contribution is -0.00948. The number of rotatable bonds is 3. The van der Waals surface area contributed by atoms with Crippen molar-refractivity contribution in [2.75, 3.05) is 20.2 Å². The molecule has 0 saturated carbocycles. The van der Waals surface area contributed by atoms with Crippen molar-refractivity contribution >= 4 is 0 Å². The zero-order chi connectivity index (χ0) is 11.8. The van der Waals surface area contributed by atoms with Crippen molar-refractivity contribution in [3.05, 3.63) is 29.1 Å². The average molecular weight is 225 g/mol. The van der Waals surface area contributed by atoms with Crippen LogP contribution in [0.15, 0.2) is 12.1 Å². The summed E-state index contributed by atoms with van der Waals surface area (Å²) in [6.45, 7) is 2.79. The second-order valence-corrected chi connectivity index (χ2v) is 4.42. The fraction of sp³-hybridized carbons (Fsp3) is 0.500. The molecule has 1 saturated heterocycles. The van der Waals surface area contributed by atoms with E-state index in [1.165, 1.54) is 6.07 Å². The Kier molecular flexibility index (Phi) is 2.86. The third-order valence-corrected chi connectivity index (χ3v) is 2.99. The van der Waals surface area contributed by atoms with Gasteiger partial charge in [-0.3, -0.25) is 0 Å². The summed E-state index contributed by atoms with van der Waals surface area (Å²) in [5.74, 6) is 0.380. The van der Waals surface area contributed by atoms with E-state index in [1.54, 1.807) is 20.1 Å². The first kappa shape index (κ1) is 11.4. The van der Waals surface area contributed by atoms with Gasteiger partial charge in [-0.1, -0.05) is 0 Å². The lowest BCUT2D eigenvalue weighted by atomic mass is 9.88. The van der Waals surface area contributed by atoms with Crippen molar-refractivity contribution in [2.45, 2.75) is 18.9 Å². The molecule has 2 rings (SSSR count). The van der Waals surface area contributed by atoms with Gasteiger partial charge in [-0.25, -0.2) is 4.39 Å². The van der Waals surface area contributed by atoms with E-state index >= 15 is 0 Å². The van der Waals surface area contributed by atoms with Crippen LogP contribution in [0, 0.1) is 12.7 Å². The van der Waals surface area contributed by atoms with Crippen LogP contribution < -0.4 is 10.1 Å². The molecule has 4 heteroatoms. The quantitative estimate of drug-likeness (QED) is 0.807. The lowest BCUT2D eigenvalue weighted by Gasteiger charge is -2.38. The number of aryl methyl sites for hydroxylation is 1. The number of methoxy groups -OCH3 is 1. The second-order valence-electron chi connectivity index (χ2n) is 4.42. The molecule has 0 radical (unpaired) electrons. The lowest BCUT2D eigenvalue weighted by Crippen LogP contribution is -2.60. The molecule has 1 fully saturated rings. The Labute approximate surface area is 94.2 Å². The highest BCUT2D eigenvalue weighted by molar-refractivity contribution is 5.39. The van der Waals surface area contributed by atoms with Crippen LogP contribution in [0.1, 0.15) is 11.1 Å². The van der Waals surface area contributed by atoms with Gasteiger partial charge < -0.3 is 15.2 Å². The molecule has 0 bridgehead atoms.